The van der Waals surface area contributed by atoms with Crippen LogP contribution in [0.25, 0.3) is 0 Å². The number of imide groups is 1. The van der Waals surface area contributed by atoms with Gasteiger partial charge in [0.2, 0.25) is 11.8 Å². The Hall–Kier alpha value is -0.380. The highest BCUT2D eigenvalue weighted by molar-refractivity contribution is 9.08. The first-order chi connectivity index (χ1) is 4.72. The summed E-state index contributed by atoms with van der Waals surface area (Å²) in [5, 5.41) is 0. The molecular weight excluding hydrogens is 198 g/mol. The van der Waals surface area contributed by atoms with Crippen molar-refractivity contribution in [1.82, 2.24) is 3.93 Å². The Morgan fingerprint density at radius 1 is 1.20 bits per heavy atom. The highest BCUT2D eigenvalue weighted by atomic mass is 79.9. The van der Waals surface area contributed by atoms with Crippen molar-refractivity contribution >= 4 is 28.0 Å². The molecule has 10 heavy (non-hydrogen) atoms. The monoisotopic (exact) mass is 207 g/mol. The normalized spacial score (nSPS) is 16.9. The summed E-state index contributed by atoms with van der Waals surface area (Å²) in [5.41, 5.74) is 0. The van der Waals surface area contributed by atoms with Gasteiger partial charge in [-0.15, -0.1) is 0 Å². The minimum absolute atomic E-state index is 0.144. The van der Waals surface area contributed by atoms with Gasteiger partial charge >= 0.3 is 0 Å². The van der Waals surface area contributed by atoms with E-state index in [2.05, 4.69) is 16.1 Å². The van der Waals surface area contributed by atoms with E-state index >= 15 is 0 Å². The SMILES string of the molecule is CC.O=C1CCC(=O)N1Br. The van der Waals surface area contributed by atoms with Gasteiger partial charge in [-0.05, 0) is 0 Å². The van der Waals surface area contributed by atoms with Crippen LogP contribution in [0.4, 0.5) is 0 Å². The second-order valence-corrected chi connectivity index (χ2v) is 2.28. The summed E-state index contributed by atoms with van der Waals surface area (Å²) in [6, 6.07) is 0. The summed E-state index contributed by atoms with van der Waals surface area (Å²) in [6.07, 6.45) is 0.703. The Morgan fingerprint density at radius 3 is 1.60 bits per heavy atom. The standard InChI is InChI=1S/C4H4BrNO2.C2H6/c5-6-3(7)1-2-4(6)8;1-2/h1-2H2;1-2H3. The van der Waals surface area contributed by atoms with Gasteiger partial charge in [-0.25, -0.2) is 3.93 Å². The molecule has 0 aromatic rings. The van der Waals surface area contributed by atoms with Crippen molar-refractivity contribution in [3.05, 3.63) is 0 Å². The Morgan fingerprint density at radius 2 is 1.50 bits per heavy atom. The van der Waals surface area contributed by atoms with Gasteiger partial charge in [-0.3, -0.25) is 9.59 Å². The third-order valence-corrected chi connectivity index (χ3v) is 1.78. The summed E-state index contributed by atoms with van der Waals surface area (Å²) in [7, 11) is 0. The van der Waals surface area contributed by atoms with Crippen molar-refractivity contribution in [2.45, 2.75) is 26.7 Å². The zero-order valence-corrected chi connectivity index (χ0v) is 7.64. The molecule has 1 aliphatic heterocycles. The molecule has 0 atom stereocenters. The molecule has 4 heteroatoms. The highest BCUT2D eigenvalue weighted by Gasteiger charge is 2.26. The average Bonchev–Trinajstić information content (AvgIpc) is 2.25. The van der Waals surface area contributed by atoms with Crippen molar-refractivity contribution in [3.8, 4) is 0 Å². The lowest BCUT2D eigenvalue weighted by Gasteiger charge is -1.97. The number of hydrogen-bond donors (Lipinski definition) is 0. The largest absolute Gasteiger partial charge is 0.274 e. The van der Waals surface area contributed by atoms with Crippen LogP contribution in [0, 0.1) is 0 Å². The maximum Gasteiger partial charge on any atom is 0.239 e. The van der Waals surface area contributed by atoms with Gasteiger partial charge in [0.05, 0.1) is 16.1 Å². The molecule has 0 N–H and O–H groups in total. The van der Waals surface area contributed by atoms with Gasteiger partial charge in [0.25, 0.3) is 0 Å². The van der Waals surface area contributed by atoms with Crippen LogP contribution in [-0.4, -0.2) is 15.7 Å². The quantitative estimate of drug-likeness (QED) is 0.446. The Bertz CT molecular complexity index is 131. The van der Waals surface area contributed by atoms with Crippen LogP contribution in [0.15, 0.2) is 0 Å². The molecule has 0 unspecified atom stereocenters. The molecule has 0 radical (unpaired) electrons. The van der Waals surface area contributed by atoms with Gasteiger partial charge in [-0.1, -0.05) is 13.8 Å². The average molecular weight is 208 g/mol. The number of carbonyl (C=O) groups is 2. The fourth-order valence-electron chi connectivity index (χ4n) is 0.549. The van der Waals surface area contributed by atoms with Gasteiger partial charge in [-0.2, -0.15) is 0 Å². The first-order valence-electron chi connectivity index (χ1n) is 3.23. The lowest BCUT2D eigenvalue weighted by Crippen LogP contribution is -2.16. The summed E-state index contributed by atoms with van der Waals surface area (Å²) in [4.78, 5) is 20.9. The second-order valence-electron chi connectivity index (χ2n) is 1.57. The zero-order valence-electron chi connectivity index (χ0n) is 6.06. The van der Waals surface area contributed by atoms with Crippen LogP contribution in [-0.2, 0) is 9.59 Å². The van der Waals surface area contributed by atoms with Crippen LogP contribution < -0.4 is 0 Å². The molecule has 1 heterocycles. The van der Waals surface area contributed by atoms with E-state index in [9.17, 15) is 9.59 Å². The number of amides is 2. The van der Waals surface area contributed by atoms with E-state index in [1.54, 1.807) is 0 Å². The minimum Gasteiger partial charge on any atom is -0.274 e. The molecule has 2 amide bonds. The van der Waals surface area contributed by atoms with Crippen molar-refractivity contribution in [1.29, 1.82) is 0 Å². The van der Waals surface area contributed by atoms with E-state index in [0.29, 0.717) is 12.8 Å². The predicted octanol–water partition coefficient (Wildman–Crippen LogP) is 1.47. The minimum atomic E-state index is -0.144. The van der Waals surface area contributed by atoms with E-state index in [4.69, 9.17) is 0 Å². The predicted molar refractivity (Wildman–Crippen MR) is 41.4 cm³/mol. The van der Waals surface area contributed by atoms with Crippen LogP contribution in [0.3, 0.4) is 0 Å². The van der Waals surface area contributed by atoms with E-state index < -0.39 is 0 Å². The summed E-state index contributed by atoms with van der Waals surface area (Å²) in [6.45, 7) is 4.00. The molecule has 0 spiro atoms. The van der Waals surface area contributed by atoms with Gasteiger partial charge in [0.1, 0.15) is 0 Å². The molecule has 0 aromatic heterocycles. The molecule has 0 bridgehead atoms. The lowest BCUT2D eigenvalue weighted by atomic mass is 10.4. The van der Waals surface area contributed by atoms with Crippen molar-refractivity contribution in [2.75, 3.05) is 0 Å². The highest BCUT2D eigenvalue weighted by Crippen LogP contribution is 2.14. The molecule has 1 aliphatic rings. The number of rotatable bonds is 0. The van der Waals surface area contributed by atoms with Gasteiger partial charge < -0.3 is 0 Å². The van der Waals surface area contributed by atoms with Crippen molar-refractivity contribution in [2.24, 2.45) is 0 Å². The molecule has 58 valence electrons. The first kappa shape index (κ1) is 9.62. The maximum atomic E-state index is 10.4. The molecule has 1 rings (SSSR count). The molecule has 1 fully saturated rings. The molecule has 0 saturated carbocycles. The summed E-state index contributed by atoms with van der Waals surface area (Å²) < 4.78 is 0.979. The number of carbonyl (C=O) groups excluding carboxylic acids is 2. The maximum absolute atomic E-state index is 10.4. The Balaban J connectivity index is 0.000000371. The van der Waals surface area contributed by atoms with Crippen molar-refractivity contribution in [3.63, 3.8) is 0 Å². The van der Waals surface area contributed by atoms with E-state index in [0.717, 1.165) is 3.93 Å². The molecule has 0 aliphatic carbocycles. The second kappa shape index (κ2) is 4.44. The third kappa shape index (κ3) is 2.10. The lowest BCUT2D eigenvalue weighted by molar-refractivity contribution is -0.131. The Labute approximate surface area is 68.7 Å². The summed E-state index contributed by atoms with van der Waals surface area (Å²) >= 11 is 2.80. The molecule has 1 saturated heterocycles. The smallest absolute Gasteiger partial charge is 0.239 e. The molecule has 3 nitrogen and oxygen atoms in total. The van der Waals surface area contributed by atoms with E-state index in [-0.39, 0.29) is 11.8 Å². The number of hydrogen-bond acceptors (Lipinski definition) is 2. The Kier molecular flexibility index (Phi) is 4.27. The zero-order chi connectivity index (χ0) is 8.15. The molecule has 0 aromatic carbocycles. The topological polar surface area (TPSA) is 37.4 Å². The number of halogens is 1. The fourth-order valence-corrected chi connectivity index (χ4v) is 0.904. The van der Waals surface area contributed by atoms with Crippen molar-refractivity contribution < 1.29 is 9.59 Å². The van der Waals surface area contributed by atoms with E-state index in [1.165, 1.54) is 0 Å². The van der Waals surface area contributed by atoms with Crippen LogP contribution in [0.2, 0.25) is 0 Å². The fraction of sp³-hybridized carbons (Fsp3) is 0.667. The van der Waals surface area contributed by atoms with Crippen LogP contribution in [0.5, 0.6) is 0 Å². The number of nitrogens with zero attached hydrogens (tertiary/aromatic N) is 1. The van der Waals surface area contributed by atoms with E-state index in [1.807, 2.05) is 13.8 Å². The summed E-state index contributed by atoms with van der Waals surface area (Å²) in [5.74, 6) is -0.287. The third-order valence-electron chi connectivity index (χ3n) is 0.991. The first-order valence-corrected chi connectivity index (χ1v) is 3.94. The van der Waals surface area contributed by atoms with Crippen LogP contribution >= 0.6 is 16.1 Å². The van der Waals surface area contributed by atoms with Gasteiger partial charge in [0, 0.05) is 12.8 Å². The molecular formula is C6H10BrNO2. The van der Waals surface area contributed by atoms with Gasteiger partial charge in [0.15, 0.2) is 0 Å². The van der Waals surface area contributed by atoms with Crippen LogP contribution in [0.1, 0.15) is 26.7 Å².